The third-order valence-electron chi connectivity index (χ3n) is 3.00. The maximum Gasteiger partial charge on any atom is 0.0431 e. The van der Waals surface area contributed by atoms with Gasteiger partial charge in [0.1, 0.15) is 0 Å². The van der Waals surface area contributed by atoms with Crippen LogP contribution in [-0.2, 0) is 0 Å². The van der Waals surface area contributed by atoms with Gasteiger partial charge in [-0.05, 0) is 12.3 Å². The Morgan fingerprint density at radius 2 is 1.58 bits per heavy atom. The number of unbranched alkanes of at least 4 members (excludes halogenated alkanes) is 1. The van der Waals surface area contributed by atoms with Crippen molar-refractivity contribution in [3.63, 3.8) is 0 Å². The van der Waals surface area contributed by atoms with E-state index < -0.39 is 0 Å². The molecule has 0 atom stereocenters. The molecule has 1 aliphatic carbocycles. The van der Waals surface area contributed by atoms with E-state index >= 15 is 0 Å². The second-order valence-electron chi connectivity index (χ2n) is 4.08. The lowest BCUT2D eigenvalue weighted by atomic mass is 9.94. The lowest BCUT2D eigenvalue weighted by Gasteiger charge is -2.12. The van der Waals surface area contributed by atoms with Gasteiger partial charge in [-0.25, -0.2) is 0 Å². The van der Waals surface area contributed by atoms with Crippen LogP contribution in [0.2, 0.25) is 0 Å². The lowest BCUT2D eigenvalue weighted by molar-refractivity contribution is 0.275. The quantitative estimate of drug-likeness (QED) is 0.507. The van der Waals surface area contributed by atoms with Crippen LogP contribution >= 0.6 is 0 Å². The summed E-state index contributed by atoms with van der Waals surface area (Å²) in [6, 6.07) is 0. The largest absolute Gasteiger partial charge is 0.396 e. The highest BCUT2D eigenvalue weighted by atomic mass is 16.2. The molecule has 72 valence electrons. The molecule has 0 radical (unpaired) electrons. The van der Waals surface area contributed by atoms with Crippen LogP contribution in [0.4, 0.5) is 0 Å². The summed E-state index contributed by atoms with van der Waals surface area (Å²) in [6.45, 7) is 0.382. The van der Waals surface area contributed by atoms with Crippen LogP contribution in [0.1, 0.15) is 57.8 Å². The maximum atomic E-state index is 8.65. The average molecular weight is 170 g/mol. The molecule has 0 aromatic heterocycles. The zero-order valence-corrected chi connectivity index (χ0v) is 8.10. The molecule has 0 aromatic carbocycles. The summed E-state index contributed by atoms with van der Waals surface area (Å²) in [7, 11) is 0. The van der Waals surface area contributed by atoms with Crippen molar-refractivity contribution >= 4 is 0 Å². The molecule has 1 saturated carbocycles. The molecule has 0 aliphatic heterocycles. The van der Waals surface area contributed by atoms with Gasteiger partial charge < -0.3 is 5.11 Å². The first-order valence-electron chi connectivity index (χ1n) is 5.54. The Hall–Kier alpha value is -0.0400. The van der Waals surface area contributed by atoms with E-state index in [9.17, 15) is 0 Å². The van der Waals surface area contributed by atoms with Gasteiger partial charge in [0.05, 0.1) is 0 Å². The van der Waals surface area contributed by atoms with E-state index in [1.54, 1.807) is 0 Å². The molecule has 1 nitrogen and oxygen atoms in total. The first-order valence-corrected chi connectivity index (χ1v) is 5.54. The topological polar surface area (TPSA) is 20.2 Å². The third kappa shape index (κ3) is 4.10. The Morgan fingerprint density at radius 3 is 2.17 bits per heavy atom. The number of hydrogen-bond acceptors (Lipinski definition) is 1. The molecular weight excluding hydrogens is 148 g/mol. The number of rotatable bonds is 4. The minimum Gasteiger partial charge on any atom is -0.396 e. The molecule has 12 heavy (non-hydrogen) atoms. The van der Waals surface area contributed by atoms with Crippen molar-refractivity contribution in [3.05, 3.63) is 0 Å². The van der Waals surface area contributed by atoms with Gasteiger partial charge in [0.25, 0.3) is 0 Å². The van der Waals surface area contributed by atoms with E-state index in [1.807, 2.05) is 0 Å². The predicted octanol–water partition coefficient (Wildman–Crippen LogP) is 3.12. The summed E-state index contributed by atoms with van der Waals surface area (Å²) in [5, 5.41) is 8.65. The predicted molar refractivity (Wildman–Crippen MR) is 52.1 cm³/mol. The van der Waals surface area contributed by atoms with Crippen LogP contribution in [-0.4, -0.2) is 11.7 Å². The Morgan fingerprint density at radius 1 is 0.917 bits per heavy atom. The maximum absolute atomic E-state index is 8.65. The van der Waals surface area contributed by atoms with Crippen LogP contribution in [0.15, 0.2) is 0 Å². The second-order valence-corrected chi connectivity index (χ2v) is 4.08. The van der Waals surface area contributed by atoms with Gasteiger partial charge in [0, 0.05) is 6.61 Å². The van der Waals surface area contributed by atoms with E-state index in [-0.39, 0.29) is 0 Å². The molecule has 0 amide bonds. The van der Waals surface area contributed by atoms with Gasteiger partial charge in [-0.1, -0.05) is 51.4 Å². The fourth-order valence-corrected chi connectivity index (χ4v) is 2.20. The lowest BCUT2D eigenvalue weighted by Crippen LogP contribution is -1.98. The van der Waals surface area contributed by atoms with E-state index in [0.717, 1.165) is 12.3 Å². The highest BCUT2D eigenvalue weighted by molar-refractivity contribution is 4.64. The zero-order valence-electron chi connectivity index (χ0n) is 8.10. The molecule has 0 bridgehead atoms. The summed E-state index contributed by atoms with van der Waals surface area (Å²) >= 11 is 0. The van der Waals surface area contributed by atoms with Gasteiger partial charge in [0.2, 0.25) is 0 Å². The van der Waals surface area contributed by atoms with Gasteiger partial charge in [0.15, 0.2) is 0 Å². The molecular formula is C11H22O. The molecule has 0 spiro atoms. The molecule has 1 N–H and O–H groups in total. The minimum atomic E-state index is 0.382. The molecule has 0 heterocycles. The van der Waals surface area contributed by atoms with Gasteiger partial charge >= 0.3 is 0 Å². The van der Waals surface area contributed by atoms with Crippen molar-refractivity contribution < 1.29 is 5.11 Å². The average Bonchev–Trinajstić information content (AvgIpc) is 2.33. The molecule has 0 unspecified atom stereocenters. The zero-order chi connectivity index (χ0) is 8.65. The summed E-state index contributed by atoms with van der Waals surface area (Å²) in [5.74, 6) is 0.985. The highest BCUT2D eigenvalue weighted by Gasteiger charge is 2.10. The van der Waals surface area contributed by atoms with Crippen molar-refractivity contribution in [3.8, 4) is 0 Å². The SMILES string of the molecule is OCCCCC1CCCCCC1. The van der Waals surface area contributed by atoms with Crippen LogP contribution in [0.5, 0.6) is 0 Å². The van der Waals surface area contributed by atoms with Crippen LogP contribution in [0.3, 0.4) is 0 Å². The standard InChI is InChI=1S/C11H22O/c12-10-6-5-9-11-7-3-1-2-4-8-11/h11-12H,1-10H2. The fraction of sp³-hybridized carbons (Fsp3) is 1.00. The second kappa shape index (κ2) is 6.47. The van der Waals surface area contributed by atoms with Gasteiger partial charge in [-0.2, -0.15) is 0 Å². The molecule has 1 heteroatoms. The third-order valence-corrected chi connectivity index (χ3v) is 3.00. The summed E-state index contributed by atoms with van der Waals surface area (Å²) in [4.78, 5) is 0. The molecule has 0 aromatic rings. The number of aliphatic hydroxyl groups is 1. The van der Waals surface area contributed by atoms with Gasteiger partial charge in [-0.3, -0.25) is 0 Å². The van der Waals surface area contributed by atoms with Crippen molar-refractivity contribution in [1.29, 1.82) is 0 Å². The van der Waals surface area contributed by atoms with Crippen molar-refractivity contribution in [1.82, 2.24) is 0 Å². The molecule has 1 aliphatic rings. The van der Waals surface area contributed by atoms with Crippen molar-refractivity contribution in [2.45, 2.75) is 57.8 Å². The Balaban J connectivity index is 2.04. The van der Waals surface area contributed by atoms with E-state index in [4.69, 9.17) is 5.11 Å². The van der Waals surface area contributed by atoms with Crippen LogP contribution in [0, 0.1) is 5.92 Å². The normalized spacial score (nSPS) is 20.8. The Bertz CT molecular complexity index is 93.2. The van der Waals surface area contributed by atoms with E-state index in [1.165, 1.54) is 51.4 Å². The smallest absolute Gasteiger partial charge is 0.0431 e. The molecule has 1 fully saturated rings. The van der Waals surface area contributed by atoms with Crippen molar-refractivity contribution in [2.75, 3.05) is 6.61 Å². The molecule has 0 saturated heterocycles. The van der Waals surface area contributed by atoms with E-state index in [0.29, 0.717) is 6.61 Å². The number of hydrogen-bond donors (Lipinski definition) is 1. The first kappa shape index (κ1) is 10.0. The number of aliphatic hydroxyl groups excluding tert-OH is 1. The van der Waals surface area contributed by atoms with Gasteiger partial charge in [-0.15, -0.1) is 0 Å². The highest BCUT2D eigenvalue weighted by Crippen LogP contribution is 2.26. The summed E-state index contributed by atoms with van der Waals surface area (Å²) in [6.07, 6.45) is 12.3. The van der Waals surface area contributed by atoms with Crippen molar-refractivity contribution in [2.24, 2.45) is 5.92 Å². The minimum absolute atomic E-state index is 0.382. The van der Waals surface area contributed by atoms with E-state index in [2.05, 4.69) is 0 Å². The summed E-state index contributed by atoms with van der Waals surface area (Å²) < 4.78 is 0. The summed E-state index contributed by atoms with van der Waals surface area (Å²) in [5.41, 5.74) is 0. The fourth-order valence-electron chi connectivity index (χ4n) is 2.20. The Labute approximate surface area is 76.2 Å². The molecule has 1 rings (SSSR count). The monoisotopic (exact) mass is 170 g/mol. The van der Waals surface area contributed by atoms with Crippen LogP contribution < -0.4 is 0 Å². The first-order chi connectivity index (χ1) is 5.93. The Kier molecular flexibility index (Phi) is 5.42. The van der Waals surface area contributed by atoms with Crippen LogP contribution in [0.25, 0.3) is 0 Å².